The molecule has 3 rings (SSSR count). The van der Waals surface area contributed by atoms with Gasteiger partial charge in [-0.15, -0.1) is 0 Å². The van der Waals surface area contributed by atoms with Gasteiger partial charge in [0.1, 0.15) is 17.1 Å². The number of urea groups is 1. The minimum Gasteiger partial charge on any atom is -0.490 e. The zero-order chi connectivity index (χ0) is 34.9. The Hall–Kier alpha value is -3.85. The van der Waals surface area contributed by atoms with Gasteiger partial charge >= 0.3 is 12.2 Å². The fraction of sp³-hybridized carbons (Fsp3) is 0.625. The number of ether oxygens (including phenoxy) is 2. The summed E-state index contributed by atoms with van der Waals surface area (Å²) in [6.45, 7) is 9.22. The Morgan fingerprint density at radius 3 is 2.55 bits per heavy atom. The Bertz CT molecular complexity index is 1350. The van der Waals surface area contributed by atoms with Crippen molar-refractivity contribution >= 4 is 29.2 Å². The highest BCUT2D eigenvalue weighted by Crippen LogP contribution is 2.29. The number of aryl methyl sites for hydroxylation is 2. The zero-order valence-electron chi connectivity index (χ0n) is 27.8. The number of aliphatic hydroxyl groups is 1. The van der Waals surface area contributed by atoms with Crippen LogP contribution in [0, 0.1) is 19.8 Å². The number of aliphatic hydroxyl groups excluding tert-OH is 1. The van der Waals surface area contributed by atoms with Gasteiger partial charge < -0.3 is 39.5 Å². The second kappa shape index (κ2) is 16.8. The van der Waals surface area contributed by atoms with Crippen LogP contribution in [0.3, 0.4) is 0 Å². The number of alkyl halides is 3. The molecule has 4 amide bonds. The Balaban J connectivity index is 1.89. The Labute approximate surface area is 272 Å². The van der Waals surface area contributed by atoms with Gasteiger partial charge in [0.2, 0.25) is 5.91 Å². The molecule has 0 aliphatic carbocycles. The summed E-state index contributed by atoms with van der Waals surface area (Å²) in [5.41, 5.74) is 1.25. The van der Waals surface area contributed by atoms with E-state index in [0.29, 0.717) is 30.2 Å². The number of nitrogens with zero attached hydrogens (tertiary/aromatic N) is 3. The predicted octanol–water partition coefficient (Wildman–Crippen LogP) is 5.53. The summed E-state index contributed by atoms with van der Waals surface area (Å²) in [5, 5.41) is 19.2. The minimum absolute atomic E-state index is 0.0865. The quantitative estimate of drug-likeness (QED) is 0.333. The van der Waals surface area contributed by atoms with Crippen molar-refractivity contribution in [2.45, 2.75) is 91.1 Å². The number of amides is 4. The van der Waals surface area contributed by atoms with E-state index in [1.54, 1.807) is 27.8 Å². The maximum atomic E-state index is 14.2. The van der Waals surface area contributed by atoms with Gasteiger partial charge in [0.15, 0.2) is 5.76 Å². The SMILES string of the molecule is Cc1noc(C)c1NC(=O)N(C)C[C@H]1OCCCC[C@@H](C)Oc2ccc(NC(=O)CCC(F)(F)F)cc2C(=O)N([C@@H](C)CO)C[C@@H]1C. The van der Waals surface area contributed by atoms with Gasteiger partial charge in [-0.05, 0) is 65.2 Å². The van der Waals surface area contributed by atoms with E-state index in [1.165, 1.54) is 28.0 Å². The van der Waals surface area contributed by atoms with Crippen LogP contribution in [-0.2, 0) is 9.53 Å². The van der Waals surface area contributed by atoms with E-state index in [9.17, 15) is 32.7 Å². The highest BCUT2D eigenvalue weighted by Gasteiger charge is 2.32. The lowest BCUT2D eigenvalue weighted by Gasteiger charge is -2.35. The summed E-state index contributed by atoms with van der Waals surface area (Å²) in [7, 11) is 1.63. The number of likely N-dealkylation sites (N-methyl/N-ethyl adjacent to an activating group) is 1. The van der Waals surface area contributed by atoms with Crippen molar-refractivity contribution in [3.8, 4) is 5.75 Å². The second-order valence-electron chi connectivity index (χ2n) is 12.2. The largest absolute Gasteiger partial charge is 0.490 e. The number of fused-ring (bicyclic) bond motifs is 1. The Morgan fingerprint density at radius 2 is 1.91 bits per heavy atom. The molecule has 4 atom stereocenters. The van der Waals surface area contributed by atoms with Gasteiger partial charge in [-0.1, -0.05) is 12.1 Å². The summed E-state index contributed by atoms with van der Waals surface area (Å²) in [4.78, 5) is 42.5. The molecule has 0 spiro atoms. The van der Waals surface area contributed by atoms with E-state index < -0.39 is 49.0 Å². The topological polar surface area (TPSA) is 146 Å². The number of anilines is 2. The molecule has 0 unspecified atom stereocenters. The van der Waals surface area contributed by atoms with Gasteiger partial charge in [-0.3, -0.25) is 9.59 Å². The first kappa shape index (κ1) is 37.6. The van der Waals surface area contributed by atoms with Gasteiger partial charge in [0.05, 0.1) is 36.8 Å². The molecule has 12 nitrogen and oxygen atoms in total. The van der Waals surface area contributed by atoms with Crippen molar-refractivity contribution in [1.29, 1.82) is 0 Å². The monoisotopic (exact) mass is 669 g/mol. The Morgan fingerprint density at radius 1 is 1.19 bits per heavy atom. The Kier molecular flexibility index (Phi) is 13.5. The third-order valence-electron chi connectivity index (χ3n) is 8.04. The van der Waals surface area contributed by atoms with E-state index in [4.69, 9.17) is 14.0 Å². The minimum atomic E-state index is -4.48. The summed E-state index contributed by atoms with van der Waals surface area (Å²) < 4.78 is 55.6. The van der Waals surface area contributed by atoms with Crippen LogP contribution in [0.25, 0.3) is 0 Å². The van der Waals surface area contributed by atoms with Crippen LogP contribution in [0.15, 0.2) is 22.7 Å². The molecule has 15 heteroatoms. The lowest BCUT2D eigenvalue weighted by atomic mass is 10.0. The summed E-state index contributed by atoms with van der Waals surface area (Å²) >= 11 is 0. The molecule has 47 heavy (non-hydrogen) atoms. The molecule has 1 aliphatic rings. The lowest BCUT2D eigenvalue weighted by Crippen LogP contribution is -2.48. The molecule has 1 aromatic heterocycles. The van der Waals surface area contributed by atoms with Crippen molar-refractivity contribution < 1.29 is 46.7 Å². The number of carbonyl (C=O) groups excluding carboxylic acids is 3. The number of nitrogens with one attached hydrogen (secondary N) is 2. The van der Waals surface area contributed by atoms with Crippen molar-refractivity contribution in [2.24, 2.45) is 5.92 Å². The molecule has 1 aliphatic heterocycles. The maximum Gasteiger partial charge on any atom is 0.389 e. The van der Waals surface area contributed by atoms with Gasteiger partial charge in [0, 0.05) is 44.8 Å². The van der Waals surface area contributed by atoms with Crippen molar-refractivity contribution in [3.05, 3.63) is 35.2 Å². The number of hydrogen-bond acceptors (Lipinski definition) is 8. The second-order valence-corrected chi connectivity index (χ2v) is 12.2. The fourth-order valence-corrected chi connectivity index (χ4v) is 5.16. The average molecular weight is 670 g/mol. The number of aromatic nitrogens is 1. The molecule has 262 valence electrons. The summed E-state index contributed by atoms with van der Waals surface area (Å²) in [6.07, 6.45) is -5.19. The molecule has 2 aromatic rings. The van der Waals surface area contributed by atoms with E-state index in [0.717, 1.165) is 12.8 Å². The first-order valence-electron chi connectivity index (χ1n) is 15.7. The molecule has 0 fully saturated rings. The summed E-state index contributed by atoms with van der Waals surface area (Å²) in [5.74, 6) is -0.951. The third kappa shape index (κ3) is 11.1. The van der Waals surface area contributed by atoms with Crippen molar-refractivity contribution in [1.82, 2.24) is 15.0 Å². The first-order chi connectivity index (χ1) is 22.1. The fourth-order valence-electron chi connectivity index (χ4n) is 5.16. The highest BCUT2D eigenvalue weighted by atomic mass is 19.4. The maximum absolute atomic E-state index is 14.2. The molecular weight excluding hydrogens is 623 g/mol. The molecule has 0 saturated heterocycles. The van der Waals surface area contributed by atoms with Crippen molar-refractivity contribution in [2.75, 3.05) is 44.0 Å². The molecule has 3 N–H and O–H groups in total. The molecule has 0 saturated carbocycles. The van der Waals surface area contributed by atoms with Gasteiger partial charge in [-0.25, -0.2) is 4.79 Å². The van der Waals surface area contributed by atoms with E-state index >= 15 is 0 Å². The number of halogens is 3. The molecule has 0 radical (unpaired) electrons. The van der Waals surface area contributed by atoms with Crippen LogP contribution in [0.2, 0.25) is 0 Å². The average Bonchev–Trinajstić information content (AvgIpc) is 3.33. The van der Waals surface area contributed by atoms with E-state index in [1.807, 2.05) is 13.8 Å². The van der Waals surface area contributed by atoms with Crippen LogP contribution in [-0.4, -0.2) is 95.7 Å². The van der Waals surface area contributed by atoms with Crippen molar-refractivity contribution in [3.63, 3.8) is 0 Å². The molecule has 2 heterocycles. The zero-order valence-corrected chi connectivity index (χ0v) is 27.8. The number of benzene rings is 1. The number of hydrogen-bond donors (Lipinski definition) is 3. The molecular formula is C32H46F3N5O7. The van der Waals surface area contributed by atoms with Gasteiger partial charge in [-0.2, -0.15) is 13.2 Å². The third-order valence-corrected chi connectivity index (χ3v) is 8.04. The highest BCUT2D eigenvalue weighted by molar-refractivity contribution is 5.99. The van der Waals surface area contributed by atoms with Crippen LogP contribution in [0.4, 0.5) is 29.3 Å². The lowest BCUT2D eigenvalue weighted by molar-refractivity contribution is -0.142. The van der Waals surface area contributed by atoms with Crippen LogP contribution in [0.1, 0.15) is 74.7 Å². The van der Waals surface area contributed by atoms with Crippen LogP contribution in [0.5, 0.6) is 5.75 Å². The number of rotatable bonds is 8. The van der Waals surface area contributed by atoms with Crippen LogP contribution >= 0.6 is 0 Å². The van der Waals surface area contributed by atoms with E-state index in [-0.39, 0.29) is 48.7 Å². The van der Waals surface area contributed by atoms with E-state index in [2.05, 4.69) is 15.8 Å². The normalized spacial score (nSPS) is 20.4. The molecule has 1 aromatic carbocycles. The standard InChI is InChI=1S/C32H46F3N5O7/c1-19-16-40(20(2)18-41)30(43)25-15-24(36-28(42)12-13-32(33,34)35)10-11-26(25)46-21(3)9-7-8-14-45-27(19)17-39(6)31(44)37-29-22(4)38-47-23(29)5/h10-11,15,19-21,27,41H,7-9,12-14,16-18H2,1-6H3,(H,36,42)(H,37,44)/t19-,20-,21+,27+/m0/s1. The number of carbonyl (C=O) groups is 3. The molecule has 0 bridgehead atoms. The summed E-state index contributed by atoms with van der Waals surface area (Å²) in [6, 6.07) is 3.33. The smallest absolute Gasteiger partial charge is 0.389 e. The first-order valence-corrected chi connectivity index (χ1v) is 15.7. The predicted molar refractivity (Wildman–Crippen MR) is 168 cm³/mol. The van der Waals surface area contributed by atoms with Gasteiger partial charge in [0.25, 0.3) is 5.91 Å². The van der Waals surface area contributed by atoms with Crippen LogP contribution < -0.4 is 15.4 Å².